The molecule has 1 heterocycles. The molecule has 1 amide bonds. The Morgan fingerprint density at radius 2 is 2.22 bits per heavy atom. The first-order valence-corrected chi connectivity index (χ1v) is 6.27. The molecule has 2 rings (SSSR count). The Labute approximate surface area is 107 Å². The van der Waals surface area contributed by atoms with Crippen molar-refractivity contribution in [2.45, 2.75) is 32.3 Å². The van der Waals surface area contributed by atoms with Crippen LogP contribution in [0, 0.1) is 6.92 Å². The van der Waals surface area contributed by atoms with Crippen LogP contribution < -0.4 is 5.73 Å². The Kier molecular flexibility index (Phi) is 3.30. The molecule has 0 aromatic heterocycles. The highest BCUT2D eigenvalue weighted by molar-refractivity contribution is 5.99. The van der Waals surface area contributed by atoms with Crippen LogP contribution in [0.1, 0.15) is 35.7 Å². The second-order valence-corrected chi connectivity index (χ2v) is 5.42. The molecule has 0 radical (unpaired) electrons. The summed E-state index contributed by atoms with van der Waals surface area (Å²) in [5.41, 5.74) is 7.17. The van der Waals surface area contributed by atoms with Crippen molar-refractivity contribution < 1.29 is 9.90 Å². The summed E-state index contributed by atoms with van der Waals surface area (Å²) in [6.07, 6.45) is 1.56. The fourth-order valence-corrected chi connectivity index (χ4v) is 2.44. The first-order valence-electron chi connectivity index (χ1n) is 6.27. The summed E-state index contributed by atoms with van der Waals surface area (Å²) in [5, 5.41) is 10.0. The zero-order valence-electron chi connectivity index (χ0n) is 10.9. The van der Waals surface area contributed by atoms with Gasteiger partial charge in [0.2, 0.25) is 0 Å². The molecule has 3 N–H and O–H groups in total. The first kappa shape index (κ1) is 12.9. The zero-order valence-corrected chi connectivity index (χ0v) is 10.9. The van der Waals surface area contributed by atoms with E-state index in [2.05, 4.69) is 0 Å². The molecule has 1 aliphatic rings. The minimum atomic E-state index is -0.784. The van der Waals surface area contributed by atoms with Crippen molar-refractivity contribution in [3.63, 3.8) is 0 Å². The summed E-state index contributed by atoms with van der Waals surface area (Å²) >= 11 is 0. The van der Waals surface area contributed by atoms with Crippen LogP contribution in [-0.2, 0) is 0 Å². The fraction of sp³-hybridized carbons (Fsp3) is 0.500. The molecule has 1 fully saturated rings. The fourth-order valence-electron chi connectivity index (χ4n) is 2.44. The number of carbonyl (C=O) groups excluding carboxylic acids is 1. The van der Waals surface area contributed by atoms with Gasteiger partial charge in [-0.25, -0.2) is 0 Å². The maximum atomic E-state index is 12.4. The topological polar surface area (TPSA) is 66.6 Å². The first-order chi connectivity index (χ1) is 8.39. The monoisotopic (exact) mass is 248 g/mol. The number of likely N-dealkylation sites (tertiary alicyclic amines) is 1. The van der Waals surface area contributed by atoms with E-state index in [1.165, 1.54) is 0 Å². The molecule has 1 aromatic rings. The minimum absolute atomic E-state index is 0.0903. The Morgan fingerprint density at radius 3 is 2.83 bits per heavy atom. The minimum Gasteiger partial charge on any atom is -0.398 e. The van der Waals surface area contributed by atoms with Gasteiger partial charge in [0.15, 0.2) is 0 Å². The van der Waals surface area contributed by atoms with Gasteiger partial charge in [-0.3, -0.25) is 4.79 Å². The van der Waals surface area contributed by atoms with Gasteiger partial charge in [0.1, 0.15) is 0 Å². The van der Waals surface area contributed by atoms with E-state index in [1.54, 1.807) is 24.0 Å². The van der Waals surface area contributed by atoms with E-state index in [0.29, 0.717) is 24.3 Å². The lowest BCUT2D eigenvalue weighted by molar-refractivity contribution is -0.0107. The molecule has 4 nitrogen and oxygen atoms in total. The smallest absolute Gasteiger partial charge is 0.256 e. The van der Waals surface area contributed by atoms with Gasteiger partial charge < -0.3 is 15.7 Å². The number of hydrogen-bond acceptors (Lipinski definition) is 3. The molecule has 98 valence electrons. The second-order valence-electron chi connectivity index (χ2n) is 5.42. The van der Waals surface area contributed by atoms with E-state index in [9.17, 15) is 9.90 Å². The van der Waals surface area contributed by atoms with E-state index in [4.69, 9.17) is 5.73 Å². The lowest BCUT2D eigenvalue weighted by Crippen LogP contribution is -2.48. The van der Waals surface area contributed by atoms with Gasteiger partial charge in [-0.2, -0.15) is 0 Å². The summed E-state index contributed by atoms with van der Waals surface area (Å²) in [5.74, 6) is -0.0903. The summed E-state index contributed by atoms with van der Waals surface area (Å²) < 4.78 is 0. The number of aliphatic hydroxyl groups is 1. The summed E-state index contributed by atoms with van der Waals surface area (Å²) in [7, 11) is 0. The summed E-state index contributed by atoms with van der Waals surface area (Å²) in [6, 6.07) is 5.44. The van der Waals surface area contributed by atoms with Crippen molar-refractivity contribution in [3.8, 4) is 0 Å². The standard InChI is InChI=1S/C14H20N2O2/c1-10-4-5-11(12(15)8-10)13(17)16-7-3-6-14(2,18)9-16/h4-5,8,18H,3,6-7,9,15H2,1-2H3. The molecular formula is C14H20N2O2. The van der Waals surface area contributed by atoms with E-state index in [1.807, 2.05) is 13.0 Å². The molecule has 0 saturated carbocycles. The molecule has 0 spiro atoms. The van der Waals surface area contributed by atoms with Crippen LogP contribution in [0.25, 0.3) is 0 Å². The molecular weight excluding hydrogens is 228 g/mol. The maximum Gasteiger partial charge on any atom is 0.256 e. The highest BCUT2D eigenvalue weighted by Crippen LogP contribution is 2.23. The Hall–Kier alpha value is -1.55. The third kappa shape index (κ3) is 2.64. The van der Waals surface area contributed by atoms with E-state index < -0.39 is 5.60 Å². The quantitative estimate of drug-likeness (QED) is 0.741. The van der Waals surface area contributed by atoms with Gasteiger partial charge in [0.05, 0.1) is 11.2 Å². The van der Waals surface area contributed by atoms with Gasteiger partial charge in [0.25, 0.3) is 5.91 Å². The van der Waals surface area contributed by atoms with Crippen molar-refractivity contribution in [3.05, 3.63) is 29.3 Å². The normalized spacial score (nSPS) is 24.1. The average Bonchev–Trinajstić information content (AvgIpc) is 2.27. The average molecular weight is 248 g/mol. The molecule has 0 bridgehead atoms. The van der Waals surface area contributed by atoms with E-state index in [0.717, 1.165) is 18.4 Å². The SMILES string of the molecule is Cc1ccc(C(=O)N2CCCC(C)(O)C2)c(N)c1. The number of carbonyl (C=O) groups is 1. The number of anilines is 1. The largest absolute Gasteiger partial charge is 0.398 e. The lowest BCUT2D eigenvalue weighted by atomic mass is 9.94. The molecule has 4 heteroatoms. The number of β-amino-alcohol motifs (C(OH)–C–C–N with tert-alkyl or cyclic N) is 1. The highest BCUT2D eigenvalue weighted by Gasteiger charge is 2.31. The van der Waals surface area contributed by atoms with E-state index >= 15 is 0 Å². The van der Waals surface area contributed by atoms with E-state index in [-0.39, 0.29) is 5.91 Å². The molecule has 0 aliphatic carbocycles. The number of aryl methyl sites for hydroxylation is 1. The van der Waals surface area contributed by atoms with Crippen LogP contribution in [0.5, 0.6) is 0 Å². The molecule has 1 aromatic carbocycles. The summed E-state index contributed by atoms with van der Waals surface area (Å²) in [4.78, 5) is 14.0. The van der Waals surface area contributed by atoms with Gasteiger partial charge in [-0.15, -0.1) is 0 Å². The van der Waals surface area contributed by atoms with Crippen molar-refractivity contribution in [1.82, 2.24) is 4.90 Å². The Morgan fingerprint density at radius 1 is 1.50 bits per heavy atom. The Bertz CT molecular complexity index is 469. The number of nitrogen functional groups attached to an aromatic ring is 1. The third-order valence-electron chi connectivity index (χ3n) is 3.40. The number of hydrogen-bond donors (Lipinski definition) is 2. The van der Waals surface area contributed by atoms with Gasteiger partial charge >= 0.3 is 0 Å². The van der Waals surface area contributed by atoms with Gasteiger partial charge in [-0.1, -0.05) is 6.07 Å². The zero-order chi connectivity index (χ0) is 13.3. The highest BCUT2D eigenvalue weighted by atomic mass is 16.3. The van der Waals surface area contributed by atoms with Crippen LogP contribution in [0.2, 0.25) is 0 Å². The second kappa shape index (κ2) is 4.61. The van der Waals surface area contributed by atoms with Crippen LogP contribution in [0.15, 0.2) is 18.2 Å². The third-order valence-corrected chi connectivity index (χ3v) is 3.40. The predicted molar refractivity (Wildman–Crippen MR) is 71.4 cm³/mol. The van der Waals surface area contributed by atoms with Crippen LogP contribution in [0.4, 0.5) is 5.69 Å². The van der Waals surface area contributed by atoms with Crippen molar-refractivity contribution in [2.24, 2.45) is 0 Å². The van der Waals surface area contributed by atoms with Crippen LogP contribution >= 0.6 is 0 Å². The van der Waals surface area contributed by atoms with Gasteiger partial charge in [0, 0.05) is 18.8 Å². The van der Waals surface area contributed by atoms with Crippen LogP contribution in [0.3, 0.4) is 0 Å². The van der Waals surface area contributed by atoms with Crippen molar-refractivity contribution in [2.75, 3.05) is 18.8 Å². The van der Waals surface area contributed by atoms with Crippen molar-refractivity contribution >= 4 is 11.6 Å². The molecule has 18 heavy (non-hydrogen) atoms. The molecule has 1 aliphatic heterocycles. The number of rotatable bonds is 1. The van der Waals surface area contributed by atoms with Crippen LogP contribution in [-0.4, -0.2) is 34.6 Å². The summed E-state index contributed by atoms with van der Waals surface area (Å²) in [6.45, 7) is 4.77. The molecule has 1 saturated heterocycles. The number of benzene rings is 1. The molecule has 1 unspecified atom stereocenters. The number of amides is 1. The molecule has 1 atom stereocenters. The number of nitrogens with two attached hydrogens (primary N) is 1. The maximum absolute atomic E-state index is 12.4. The van der Waals surface area contributed by atoms with Crippen molar-refractivity contribution in [1.29, 1.82) is 0 Å². The predicted octanol–water partition coefficient (Wildman–Crippen LogP) is 1.56. The number of nitrogens with zero attached hydrogens (tertiary/aromatic N) is 1. The van der Waals surface area contributed by atoms with Gasteiger partial charge in [-0.05, 0) is 44.4 Å². The number of piperidine rings is 1. The lowest BCUT2D eigenvalue weighted by Gasteiger charge is -2.37. The Balaban J connectivity index is 2.20.